The smallest absolute Gasteiger partial charge is 0.154 e. The van der Waals surface area contributed by atoms with Crippen molar-refractivity contribution in [2.75, 3.05) is 36.5 Å². The van der Waals surface area contributed by atoms with E-state index in [9.17, 15) is 4.39 Å². The highest BCUT2D eigenvalue weighted by Gasteiger charge is 2.28. The van der Waals surface area contributed by atoms with Crippen LogP contribution in [0.3, 0.4) is 0 Å². The Kier molecular flexibility index (Phi) is 5.82. The molecule has 4 aromatic rings. The van der Waals surface area contributed by atoms with Crippen LogP contribution < -0.4 is 15.1 Å². The van der Waals surface area contributed by atoms with Crippen molar-refractivity contribution in [3.8, 4) is 11.4 Å². The number of fused-ring (bicyclic) bond motifs is 1. The summed E-state index contributed by atoms with van der Waals surface area (Å²) >= 11 is 0. The summed E-state index contributed by atoms with van der Waals surface area (Å²) < 4.78 is 15.8. The Morgan fingerprint density at radius 2 is 1.80 bits per heavy atom. The number of hydrogen-bond acceptors (Lipinski definition) is 6. The first-order chi connectivity index (χ1) is 17.2. The summed E-state index contributed by atoms with van der Waals surface area (Å²) in [7, 11) is 2.04. The van der Waals surface area contributed by atoms with Gasteiger partial charge in [-0.3, -0.25) is 0 Å². The van der Waals surface area contributed by atoms with Gasteiger partial charge in [-0.25, -0.2) is 18.9 Å². The number of halogens is 1. The van der Waals surface area contributed by atoms with E-state index in [0.717, 1.165) is 79.6 Å². The fraction of sp³-hybridized carbons (Fsp3) is 0.370. The summed E-state index contributed by atoms with van der Waals surface area (Å²) in [5.41, 5.74) is 3.51. The molecule has 1 atom stereocenters. The molecule has 1 N–H and O–H groups in total. The highest BCUT2D eigenvalue weighted by molar-refractivity contribution is 5.62. The maximum absolute atomic E-state index is 13.9. The van der Waals surface area contributed by atoms with E-state index in [2.05, 4.69) is 32.2 Å². The van der Waals surface area contributed by atoms with Crippen LogP contribution in [-0.2, 0) is 0 Å². The van der Waals surface area contributed by atoms with Crippen LogP contribution >= 0.6 is 0 Å². The van der Waals surface area contributed by atoms with Gasteiger partial charge < -0.3 is 15.1 Å². The molecular formula is C27H30FN7. The molecule has 2 aliphatic rings. The molecule has 2 fully saturated rings. The third-order valence-electron chi connectivity index (χ3n) is 7.35. The lowest BCUT2D eigenvalue weighted by atomic mass is 10.0. The van der Waals surface area contributed by atoms with Crippen molar-refractivity contribution in [1.82, 2.24) is 24.9 Å². The van der Waals surface area contributed by atoms with E-state index in [1.807, 2.05) is 42.0 Å². The molecule has 35 heavy (non-hydrogen) atoms. The Balaban J connectivity index is 1.31. The molecule has 3 aromatic heterocycles. The van der Waals surface area contributed by atoms with Gasteiger partial charge in [0.1, 0.15) is 23.1 Å². The van der Waals surface area contributed by atoms with E-state index in [4.69, 9.17) is 10.1 Å². The molecule has 0 amide bonds. The Labute approximate surface area is 204 Å². The monoisotopic (exact) mass is 471 g/mol. The lowest BCUT2D eigenvalue weighted by molar-refractivity contribution is 0.441. The van der Waals surface area contributed by atoms with Gasteiger partial charge >= 0.3 is 0 Å². The number of nitrogens with one attached hydrogen (secondary N) is 1. The summed E-state index contributed by atoms with van der Waals surface area (Å²) in [5, 5.41) is 8.36. The molecule has 5 heterocycles. The second kappa shape index (κ2) is 9.26. The lowest BCUT2D eigenvalue weighted by Crippen LogP contribution is -2.41. The number of anilines is 2. The standard InChI is InChI=1S/C27H30FN7/c1-29-21-12-15-33(16-13-21)26-9-3-7-22(31-26)24-18-30-25-10-11-27(32-35(24)25)34-14-4-8-23(34)19-5-2-6-20(28)17-19/h2-3,5-7,9-11,17-18,21,23,29H,4,8,12-16H2,1H3. The summed E-state index contributed by atoms with van der Waals surface area (Å²) in [6.07, 6.45) is 6.11. The molecule has 0 aliphatic carbocycles. The largest absolute Gasteiger partial charge is 0.356 e. The summed E-state index contributed by atoms with van der Waals surface area (Å²) in [6, 6.07) is 17.8. The molecule has 2 saturated heterocycles. The van der Waals surface area contributed by atoms with Crippen molar-refractivity contribution >= 4 is 17.3 Å². The van der Waals surface area contributed by atoms with Gasteiger partial charge in [-0.2, -0.15) is 0 Å². The molecule has 0 bridgehead atoms. The summed E-state index contributed by atoms with van der Waals surface area (Å²) in [5.74, 6) is 1.67. The Bertz CT molecular complexity index is 1330. The number of hydrogen-bond donors (Lipinski definition) is 1. The Morgan fingerprint density at radius 1 is 0.943 bits per heavy atom. The second-order valence-corrected chi connectivity index (χ2v) is 9.44. The van der Waals surface area contributed by atoms with E-state index in [0.29, 0.717) is 6.04 Å². The lowest BCUT2D eigenvalue weighted by Gasteiger charge is -2.32. The van der Waals surface area contributed by atoms with Crippen LogP contribution in [0.25, 0.3) is 17.0 Å². The fourth-order valence-corrected chi connectivity index (χ4v) is 5.43. The number of pyridine rings is 1. The number of piperidine rings is 1. The second-order valence-electron chi connectivity index (χ2n) is 9.44. The van der Waals surface area contributed by atoms with Crippen molar-refractivity contribution in [1.29, 1.82) is 0 Å². The van der Waals surface area contributed by atoms with Crippen LogP contribution in [0.4, 0.5) is 16.0 Å². The van der Waals surface area contributed by atoms with Crippen LogP contribution in [-0.4, -0.2) is 52.3 Å². The van der Waals surface area contributed by atoms with Crippen LogP contribution in [0.15, 0.2) is 60.8 Å². The minimum absolute atomic E-state index is 0.115. The van der Waals surface area contributed by atoms with Crippen LogP contribution in [0.5, 0.6) is 0 Å². The van der Waals surface area contributed by atoms with Gasteiger partial charge in [0.05, 0.1) is 17.9 Å². The van der Waals surface area contributed by atoms with E-state index in [1.165, 1.54) is 6.07 Å². The van der Waals surface area contributed by atoms with Crippen LogP contribution in [0, 0.1) is 5.82 Å². The predicted molar refractivity (Wildman–Crippen MR) is 136 cm³/mol. The number of aromatic nitrogens is 4. The van der Waals surface area contributed by atoms with Gasteiger partial charge in [0.25, 0.3) is 0 Å². The van der Waals surface area contributed by atoms with Crippen molar-refractivity contribution in [3.63, 3.8) is 0 Å². The normalized spacial score (nSPS) is 19.1. The quantitative estimate of drug-likeness (QED) is 0.464. The number of nitrogens with zero attached hydrogens (tertiary/aromatic N) is 6. The molecule has 0 saturated carbocycles. The molecule has 180 valence electrons. The van der Waals surface area contributed by atoms with Gasteiger partial charge in [-0.15, -0.1) is 5.10 Å². The van der Waals surface area contributed by atoms with E-state index in [-0.39, 0.29) is 11.9 Å². The number of rotatable bonds is 5. The minimum Gasteiger partial charge on any atom is -0.356 e. The molecule has 6 rings (SSSR count). The first-order valence-corrected chi connectivity index (χ1v) is 12.5. The molecule has 7 nitrogen and oxygen atoms in total. The molecular weight excluding hydrogens is 441 g/mol. The maximum atomic E-state index is 13.9. The zero-order valence-corrected chi connectivity index (χ0v) is 19.9. The SMILES string of the molecule is CNC1CCN(c2cccc(-c3cnc4ccc(N5CCCC5c5cccc(F)c5)nn34)n2)CC1. The molecule has 0 spiro atoms. The van der Waals surface area contributed by atoms with Crippen LogP contribution in [0.2, 0.25) is 0 Å². The average molecular weight is 472 g/mol. The minimum atomic E-state index is -0.198. The number of benzene rings is 1. The summed E-state index contributed by atoms with van der Waals surface area (Å²) in [6.45, 7) is 2.88. The molecule has 1 unspecified atom stereocenters. The maximum Gasteiger partial charge on any atom is 0.154 e. The third-order valence-corrected chi connectivity index (χ3v) is 7.35. The first-order valence-electron chi connectivity index (χ1n) is 12.5. The van der Waals surface area contributed by atoms with Crippen molar-refractivity contribution in [3.05, 3.63) is 72.2 Å². The topological polar surface area (TPSA) is 61.6 Å². The highest BCUT2D eigenvalue weighted by Crippen LogP contribution is 2.35. The molecule has 0 radical (unpaired) electrons. The average Bonchev–Trinajstić information content (AvgIpc) is 3.56. The van der Waals surface area contributed by atoms with Crippen molar-refractivity contribution < 1.29 is 4.39 Å². The third kappa shape index (κ3) is 4.23. The molecule has 2 aliphatic heterocycles. The fourth-order valence-electron chi connectivity index (χ4n) is 5.43. The number of imidazole rings is 1. The highest BCUT2D eigenvalue weighted by atomic mass is 19.1. The Morgan fingerprint density at radius 3 is 2.63 bits per heavy atom. The van der Waals surface area contributed by atoms with Gasteiger partial charge in [-0.05, 0) is 74.7 Å². The molecule has 8 heteroatoms. The van der Waals surface area contributed by atoms with Crippen LogP contribution in [0.1, 0.15) is 37.3 Å². The Hall–Kier alpha value is -3.52. The van der Waals surface area contributed by atoms with E-state index >= 15 is 0 Å². The van der Waals surface area contributed by atoms with E-state index in [1.54, 1.807) is 12.1 Å². The van der Waals surface area contributed by atoms with E-state index < -0.39 is 0 Å². The zero-order chi connectivity index (χ0) is 23.8. The predicted octanol–water partition coefficient (Wildman–Crippen LogP) is 4.46. The van der Waals surface area contributed by atoms with Crippen molar-refractivity contribution in [2.24, 2.45) is 0 Å². The van der Waals surface area contributed by atoms with Gasteiger partial charge in [0.15, 0.2) is 5.65 Å². The first kappa shape index (κ1) is 22.0. The van der Waals surface area contributed by atoms with Gasteiger partial charge in [-0.1, -0.05) is 18.2 Å². The zero-order valence-electron chi connectivity index (χ0n) is 19.9. The van der Waals surface area contributed by atoms with Gasteiger partial charge in [0, 0.05) is 25.7 Å². The van der Waals surface area contributed by atoms with Crippen molar-refractivity contribution in [2.45, 2.75) is 37.8 Å². The van der Waals surface area contributed by atoms with Gasteiger partial charge in [0.2, 0.25) is 0 Å². The summed E-state index contributed by atoms with van der Waals surface area (Å²) in [4.78, 5) is 14.2. The molecule has 1 aromatic carbocycles.